The molecule has 0 saturated carbocycles. The molecule has 2 aromatic carbocycles. The van der Waals surface area contributed by atoms with Crippen LogP contribution in [-0.2, 0) is 21.9 Å². The van der Waals surface area contributed by atoms with Crippen LogP contribution in [0.15, 0.2) is 42.5 Å². The fourth-order valence-electron chi connectivity index (χ4n) is 3.30. The Morgan fingerprint density at radius 1 is 1.06 bits per heavy atom. The monoisotopic (exact) mass is 494 g/mol. The van der Waals surface area contributed by atoms with Gasteiger partial charge in [0.2, 0.25) is 11.8 Å². The number of hydrogen-bond acceptors (Lipinski definition) is 3. The van der Waals surface area contributed by atoms with Gasteiger partial charge in [-0.05, 0) is 55.5 Å². The number of thioether (sulfide) groups is 1. The zero-order valence-corrected chi connectivity index (χ0v) is 21.5. The molecule has 0 radical (unpaired) electrons. The highest BCUT2D eigenvalue weighted by Gasteiger charge is 2.29. The summed E-state index contributed by atoms with van der Waals surface area (Å²) in [6.07, 6.45) is 1.34. The van der Waals surface area contributed by atoms with Gasteiger partial charge >= 0.3 is 0 Å². The lowest BCUT2D eigenvalue weighted by atomic mass is 10.1. The number of benzene rings is 2. The Balaban J connectivity index is 2.20. The number of nitrogens with one attached hydrogen (secondary N) is 1. The van der Waals surface area contributed by atoms with Crippen LogP contribution in [0.3, 0.4) is 0 Å². The SMILES string of the molecule is CCC(C)NC(=O)C(CC)N(Cc1ccc(Cl)cc1Cl)C(=O)CSCc1ccccc1C. The van der Waals surface area contributed by atoms with Gasteiger partial charge in [0, 0.05) is 28.4 Å². The fourth-order valence-corrected chi connectivity index (χ4v) is 4.75. The highest BCUT2D eigenvalue weighted by Crippen LogP contribution is 2.25. The van der Waals surface area contributed by atoms with Crippen molar-refractivity contribution in [1.29, 1.82) is 0 Å². The smallest absolute Gasteiger partial charge is 0.243 e. The quantitative estimate of drug-likeness (QED) is 0.401. The zero-order valence-electron chi connectivity index (χ0n) is 19.2. The summed E-state index contributed by atoms with van der Waals surface area (Å²) in [7, 11) is 0. The molecule has 2 amide bonds. The number of nitrogens with zero attached hydrogens (tertiary/aromatic N) is 1. The van der Waals surface area contributed by atoms with Gasteiger partial charge in [0.05, 0.1) is 5.75 Å². The number of hydrogen-bond donors (Lipinski definition) is 1. The highest BCUT2D eigenvalue weighted by molar-refractivity contribution is 7.99. The lowest BCUT2D eigenvalue weighted by Gasteiger charge is -2.31. The van der Waals surface area contributed by atoms with E-state index in [1.54, 1.807) is 28.8 Å². The molecular weight excluding hydrogens is 463 g/mol. The number of rotatable bonds is 11. The second-order valence-corrected chi connectivity index (χ2v) is 9.75. The van der Waals surface area contributed by atoms with Crippen LogP contribution in [0.4, 0.5) is 0 Å². The molecule has 7 heteroatoms. The molecule has 0 spiro atoms. The average molecular weight is 496 g/mol. The lowest BCUT2D eigenvalue weighted by molar-refractivity contribution is -0.139. The van der Waals surface area contributed by atoms with Gasteiger partial charge in [-0.1, -0.05) is 67.4 Å². The van der Waals surface area contributed by atoms with E-state index in [1.807, 2.05) is 39.0 Å². The molecule has 2 atom stereocenters. The summed E-state index contributed by atoms with van der Waals surface area (Å²) in [6, 6.07) is 12.9. The minimum absolute atomic E-state index is 0.0445. The first-order chi connectivity index (χ1) is 15.3. The van der Waals surface area contributed by atoms with Crippen LogP contribution in [-0.4, -0.2) is 34.6 Å². The van der Waals surface area contributed by atoms with Crippen LogP contribution < -0.4 is 5.32 Å². The molecule has 2 aromatic rings. The van der Waals surface area contributed by atoms with Crippen LogP contribution in [0, 0.1) is 6.92 Å². The third-order valence-electron chi connectivity index (χ3n) is 5.49. The Kier molecular flexibility index (Phi) is 10.9. The van der Waals surface area contributed by atoms with Crippen molar-refractivity contribution >= 4 is 46.8 Å². The molecule has 0 aliphatic heterocycles. The number of carbonyl (C=O) groups excluding carboxylic acids is 2. The van der Waals surface area contributed by atoms with Crippen LogP contribution >= 0.6 is 35.0 Å². The third kappa shape index (κ3) is 7.72. The Morgan fingerprint density at radius 3 is 2.41 bits per heavy atom. The van der Waals surface area contributed by atoms with Crippen molar-refractivity contribution < 1.29 is 9.59 Å². The van der Waals surface area contributed by atoms with E-state index in [0.717, 1.165) is 17.7 Å². The predicted molar refractivity (Wildman–Crippen MR) is 136 cm³/mol. The van der Waals surface area contributed by atoms with Crippen molar-refractivity contribution in [2.24, 2.45) is 0 Å². The molecule has 2 rings (SSSR count). The molecular formula is C25H32Cl2N2O2S. The van der Waals surface area contributed by atoms with Crippen LogP contribution in [0.5, 0.6) is 0 Å². The Hall–Kier alpha value is -1.69. The average Bonchev–Trinajstić information content (AvgIpc) is 2.76. The second kappa shape index (κ2) is 13.1. The Morgan fingerprint density at radius 2 is 1.78 bits per heavy atom. The number of halogens is 2. The molecule has 0 heterocycles. The first kappa shape index (κ1) is 26.6. The lowest BCUT2D eigenvalue weighted by Crippen LogP contribution is -2.51. The maximum atomic E-state index is 13.3. The van der Waals surface area contributed by atoms with E-state index in [0.29, 0.717) is 16.5 Å². The predicted octanol–water partition coefficient (Wildman–Crippen LogP) is 6.26. The maximum absolute atomic E-state index is 13.3. The van der Waals surface area contributed by atoms with Gasteiger partial charge in [-0.25, -0.2) is 0 Å². The highest BCUT2D eigenvalue weighted by atomic mass is 35.5. The Bertz CT molecular complexity index is 923. The van der Waals surface area contributed by atoms with Crippen molar-refractivity contribution in [1.82, 2.24) is 10.2 Å². The first-order valence-electron chi connectivity index (χ1n) is 10.9. The van der Waals surface area contributed by atoms with Gasteiger partial charge in [0.15, 0.2) is 0 Å². The molecule has 32 heavy (non-hydrogen) atoms. The van der Waals surface area contributed by atoms with Crippen molar-refractivity contribution in [3.63, 3.8) is 0 Å². The van der Waals surface area contributed by atoms with Gasteiger partial charge in [-0.2, -0.15) is 0 Å². The summed E-state index contributed by atoms with van der Waals surface area (Å²) in [5, 5.41) is 4.04. The van der Waals surface area contributed by atoms with Gasteiger partial charge in [0.25, 0.3) is 0 Å². The number of amides is 2. The minimum atomic E-state index is -0.567. The molecule has 0 bridgehead atoms. The molecule has 4 nitrogen and oxygen atoms in total. The molecule has 0 saturated heterocycles. The molecule has 0 aliphatic carbocycles. The summed E-state index contributed by atoms with van der Waals surface area (Å²) in [5.74, 6) is 0.807. The third-order valence-corrected chi connectivity index (χ3v) is 7.04. The van der Waals surface area contributed by atoms with Crippen molar-refractivity contribution in [2.45, 2.75) is 64.9 Å². The van der Waals surface area contributed by atoms with Gasteiger partial charge in [0.1, 0.15) is 6.04 Å². The van der Waals surface area contributed by atoms with Crippen LogP contribution in [0.25, 0.3) is 0 Å². The Labute approximate surface area is 206 Å². The van der Waals surface area contributed by atoms with Gasteiger partial charge in [-0.15, -0.1) is 11.8 Å². The largest absolute Gasteiger partial charge is 0.352 e. The van der Waals surface area contributed by atoms with Crippen LogP contribution in [0.2, 0.25) is 10.0 Å². The normalized spacial score (nSPS) is 12.8. The summed E-state index contributed by atoms with van der Waals surface area (Å²) < 4.78 is 0. The fraction of sp³-hybridized carbons (Fsp3) is 0.440. The summed E-state index contributed by atoms with van der Waals surface area (Å²) >= 11 is 14.0. The number of carbonyl (C=O) groups is 2. The molecule has 0 aliphatic rings. The summed E-state index contributed by atoms with van der Waals surface area (Å²) in [6.45, 7) is 8.23. The van der Waals surface area contributed by atoms with Crippen molar-refractivity contribution in [3.8, 4) is 0 Å². The molecule has 1 N–H and O–H groups in total. The minimum Gasteiger partial charge on any atom is -0.352 e. The summed E-state index contributed by atoms with van der Waals surface area (Å²) in [4.78, 5) is 28.0. The topological polar surface area (TPSA) is 49.4 Å². The summed E-state index contributed by atoms with van der Waals surface area (Å²) in [5.41, 5.74) is 3.18. The van der Waals surface area contributed by atoms with Crippen molar-refractivity contribution in [3.05, 3.63) is 69.2 Å². The van der Waals surface area contributed by atoms with Gasteiger partial charge in [-0.3, -0.25) is 9.59 Å². The van der Waals surface area contributed by atoms with Crippen LogP contribution in [0.1, 0.15) is 50.3 Å². The van der Waals surface area contributed by atoms with E-state index in [4.69, 9.17) is 23.2 Å². The van der Waals surface area contributed by atoms with E-state index < -0.39 is 6.04 Å². The van der Waals surface area contributed by atoms with E-state index in [9.17, 15) is 9.59 Å². The standard InChI is InChI=1S/C25H32Cl2N2O2S/c1-5-18(4)28-25(31)23(6-2)29(14-19-11-12-21(26)13-22(19)27)24(30)16-32-15-20-10-8-7-9-17(20)3/h7-13,18,23H,5-6,14-16H2,1-4H3,(H,28,31). The van der Waals surface area contributed by atoms with E-state index >= 15 is 0 Å². The second-order valence-electron chi connectivity index (χ2n) is 7.92. The molecule has 0 aromatic heterocycles. The van der Waals surface area contributed by atoms with Gasteiger partial charge < -0.3 is 10.2 Å². The van der Waals surface area contributed by atoms with Crippen molar-refractivity contribution in [2.75, 3.05) is 5.75 Å². The molecule has 174 valence electrons. The van der Waals surface area contributed by atoms with E-state index in [-0.39, 0.29) is 30.2 Å². The number of aryl methyl sites for hydroxylation is 1. The maximum Gasteiger partial charge on any atom is 0.243 e. The van der Waals surface area contributed by atoms with E-state index in [1.165, 1.54) is 11.1 Å². The molecule has 0 fully saturated rings. The van der Waals surface area contributed by atoms with E-state index in [2.05, 4.69) is 24.4 Å². The molecule has 2 unspecified atom stereocenters. The first-order valence-corrected chi connectivity index (χ1v) is 12.8. The zero-order chi connectivity index (χ0) is 23.7.